The maximum atomic E-state index is 13.0. The number of carbonyl (C=O) groups excluding carboxylic acids is 2. The molecule has 1 saturated carbocycles. The summed E-state index contributed by atoms with van der Waals surface area (Å²) in [5, 5.41) is 0. The van der Waals surface area contributed by atoms with Gasteiger partial charge < -0.3 is 9.64 Å². The van der Waals surface area contributed by atoms with Gasteiger partial charge in [-0.25, -0.2) is 9.88 Å². The molecule has 1 aromatic heterocycles. The molecule has 2 unspecified atom stereocenters. The lowest BCUT2D eigenvalue weighted by Crippen LogP contribution is -2.54. The van der Waals surface area contributed by atoms with E-state index >= 15 is 0 Å². The van der Waals surface area contributed by atoms with Gasteiger partial charge >= 0.3 is 6.18 Å². The normalized spacial score (nSPS) is 23.8. The van der Waals surface area contributed by atoms with E-state index in [0.29, 0.717) is 25.3 Å². The Labute approximate surface area is 182 Å². The van der Waals surface area contributed by atoms with Crippen molar-refractivity contribution in [3.05, 3.63) is 53.5 Å². The number of ketones is 1. The molecule has 3 fully saturated rings. The van der Waals surface area contributed by atoms with E-state index in [4.69, 9.17) is 4.74 Å². The number of fused-ring (bicyclic) bond motifs is 1. The van der Waals surface area contributed by atoms with Gasteiger partial charge in [-0.2, -0.15) is 13.2 Å². The molecule has 5 rings (SSSR count). The summed E-state index contributed by atoms with van der Waals surface area (Å²) in [5.74, 6) is 0.0546. The standard InChI is InChI=1S/C22H21F3N4O3/c23-22(24,25)15-3-1-2-14(8-15)20(31)28-7-6-16-9-18(30)21(29(16)12-28)32-19-11-26-17(10-27-19)13-4-5-13/h1-3,8,10-11,13,16,21H,4-7,9,12H2. The second-order valence-corrected chi connectivity index (χ2v) is 8.44. The Hall–Kier alpha value is -3.01. The second-order valence-electron chi connectivity index (χ2n) is 8.44. The van der Waals surface area contributed by atoms with Gasteiger partial charge in [-0.1, -0.05) is 6.07 Å². The van der Waals surface area contributed by atoms with E-state index in [0.717, 1.165) is 30.7 Å². The first-order chi connectivity index (χ1) is 15.3. The first-order valence-electron chi connectivity index (χ1n) is 10.5. The maximum absolute atomic E-state index is 13.0. The summed E-state index contributed by atoms with van der Waals surface area (Å²) in [6.45, 7) is 0.440. The van der Waals surface area contributed by atoms with Crippen LogP contribution in [0.4, 0.5) is 13.2 Å². The largest absolute Gasteiger partial charge is 0.450 e. The van der Waals surface area contributed by atoms with Crippen molar-refractivity contribution in [3.8, 4) is 5.88 Å². The zero-order valence-corrected chi connectivity index (χ0v) is 17.1. The van der Waals surface area contributed by atoms with E-state index < -0.39 is 23.9 Å². The average molecular weight is 446 g/mol. The molecule has 2 aliphatic heterocycles. The highest BCUT2D eigenvalue weighted by atomic mass is 19.4. The number of halogens is 3. The zero-order valence-electron chi connectivity index (χ0n) is 17.1. The van der Waals surface area contributed by atoms with E-state index in [1.54, 1.807) is 11.1 Å². The summed E-state index contributed by atoms with van der Waals surface area (Å²) >= 11 is 0. The van der Waals surface area contributed by atoms with Crippen LogP contribution in [0.2, 0.25) is 0 Å². The zero-order chi connectivity index (χ0) is 22.5. The van der Waals surface area contributed by atoms with Crippen molar-refractivity contribution >= 4 is 11.7 Å². The molecule has 0 N–H and O–H groups in total. The van der Waals surface area contributed by atoms with E-state index in [9.17, 15) is 22.8 Å². The lowest BCUT2D eigenvalue weighted by molar-refractivity contribution is -0.137. The highest BCUT2D eigenvalue weighted by Gasteiger charge is 2.45. The maximum Gasteiger partial charge on any atom is 0.416 e. The van der Waals surface area contributed by atoms with Gasteiger partial charge in [0.05, 0.1) is 30.3 Å². The summed E-state index contributed by atoms with van der Waals surface area (Å²) in [6.07, 6.45) is 0.750. The van der Waals surface area contributed by atoms with Crippen molar-refractivity contribution in [2.75, 3.05) is 13.2 Å². The Morgan fingerprint density at radius 2 is 1.94 bits per heavy atom. The highest BCUT2D eigenvalue weighted by molar-refractivity contribution is 5.94. The quantitative estimate of drug-likeness (QED) is 0.718. The molecule has 3 heterocycles. The van der Waals surface area contributed by atoms with E-state index in [1.807, 2.05) is 0 Å². The van der Waals surface area contributed by atoms with Crippen LogP contribution in [0.1, 0.15) is 53.2 Å². The molecule has 2 saturated heterocycles. The predicted octanol–water partition coefficient (Wildman–Crippen LogP) is 3.22. The van der Waals surface area contributed by atoms with Crippen LogP contribution in [0.25, 0.3) is 0 Å². The van der Waals surface area contributed by atoms with Crippen LogP contribution in [-0.4, -0.2) is 56.9 Å². The van der Waals surface area contributed by atoms with Crippen molar-refractivity contribution in [1.29, 1.82) is 0 Å². The number of alkyl halides is 3. The van der Waals surface area contributed by atoms with Gasteiger partial charge in [-0.3, -0.25) is 14.6 Å². The number of carbonyl (C=O) groups is 2. The molecule has 7 nitrogen and oxygen atoms in total. The Bertz CT molecular complexity index is 1040. The third-order valence-electron chi connectivity index (χ3n) is 6.15. The predicted molar refractivity (Wildman–Crippen MR) is 106 cm³/mol. The topological polar surface area (TPSA) is 75.6 Å². The number of aromatic nitrogens is 2. The fourth-order valence-corrected chi connectivity index (χ4v) is 4.26. The Balaban J connectivity index is 1.30. The van der Waals surface area contributed by atoms with Crippen molar-refractivity contribution in [2.24, 2.45) is 0 Å². The van der Waals surface area contributed by atoms with E-state index in [1.165, 1.54) is 23.2 Å². The highest BCUT2D eigenvalue weighted by Crippen LogP contribution is 2.39. The van der Waals surface area contributed by atoms with Gasteiger partial charge in [-0.05, 0) is 37.5 Å². The number of amides is 1. The van der Waals surface area contributed by atoms with Gasteiger partial charge in [0, 0.05) is 30.5 Å². The van der Waals surface area contributed by atoms with E-state index in [2.05, 4.69) is 9.97 Å². The molecule has 168 valence electrons. The minimum Gasteiger partial charge on any atom is -0.450 e. The molecule has 1 amide bonds. The summed E-state index contributed by atoms with van der Waals surface area (Å²) in [6, 6.07) is 4.29. The second kappa shape index (κ2) is 7.84. The minimum absolute atomic E-state index is 0.0391. The molecule has 1 aromatic carbocycles. The summed E-state index contributed by atoms with van der Waals surface area (Å²) < 4.78 is 44.9. The Morgan fingerprint density at radius 1 is 1.12 bits per heavy atom. The molecule has 0 spiro atoms. The van der Waals surface area contributed by atoms with Crippen molar-refractivity contribution in [2.45, 2.75) is 50.0 Å². The fourth-order valence-electron chi connectivity index (χ4n) is 4.26. The first-order valence-corrected chi connectivity index (χ1v) is 10.5. The summed E-state index contributed by atoms with van der Waals surface area (Å²) in [4.78, 5) is 37.3. The molecule has 10 heteroatoms. The van der Waals surface area contributed by atoms with Crippen LogP contribution < -0.4 is 4.74 Å². The van der Waals surface area contributed by atoms with Crippen LogP contribution in [0, 0.1) is 0 Å². The number of Topliss-reactive ketones (excluding diaryl/α,β-unsaturated/α-hetero) is 1. The van der Waals surface area contributed by atoms with Crippen molar-refractivity contribution < 1.29 is 27.5 Å². The minimum atomic E-state index is -4.53. The molecular formula is C22H21F3N4O3. The lowest BCUT2D eigenvalue weighted by Gasteiger charge is -2.39. The van der Waals surface area contributed by atoms with Crippen molar-refractivity contribution in [1.82, 2.24) is 19.8 Å². The van der Waals surface area contributed by atoms with E-state index in [-0.39, 0.29) is 29.9 Å². The Kier molecular flexibility index (Phi) is 5.11. The molecule has 0 radical (unpaired) electrons. The first kappa shape index (κ1) is 20.9. The molecule has 3 aliphatic rings. The molecular weight excluding hydrogens is 425 g/mol. The van der Waals surface area contributed by atoms with Crippen LogP contribution >= 0.6 is 0 Å². The number of hydrogen-bond donors (Lipinski definition) is 0. The van der Waals surface area contributed by atoms with Crippen LogP contribution in [0.15, 0.2) is 36.7 Å². The lowest BCUT2D eigenvalue weighted by atomic mass is 10.1. The number of benzene rings is 1. The van der Waals surface area contributed by atoms with Crippen LogP contribution in [0.3, 0.4) is 0 Å². The number of nitrogens with zero attached hydrogens (tertiary/aromatic N) is 4. The number of rotatable bonds is 4. The molecule has 32 heavy (non-hydrogen) atoms. The van der Waals surface area contributed by atoms with Gasteiger partial charge in [0.2, 0.25) is 12.1 Å². The SMILES string of the molecule is O=C1CC2CCN(C(=O)c3cccc(C(F)(F)F)c3)CN2C1Oc1cnc(C2CC2)cn1. The fraction of sp³-hybridized carbons (Fsp3) is 0.455. The average Bonchev–Trinajstić information content (AvgIpc) is 3.58. The monoisotopic (exact) mass is 446 g/mol. The van der Waals surface area contributed by atoms with Gasteiger partial charge in [0.1, 0.15) is 0 Å². The van der Waals surface area contributed by atoms with Crippen LogP contribution in [0.5, 0.6) is 5.88 Å². The summed E-state index contributed by atoms with van der Waals surface area (Å²) in [7, 11) is 0. The molecule has 2 atom stereocenters. The molecule has 1 aliphatic carbocycles. The molecule has 2 aromatic rings. The number of ether oxygens (including phenoxy) is 1. The van der Waals surface area contributed by atoms with Crippen LogP contribution in [-0.2, 0) is 11.0 Å². The van der Waals surface area contributed by atoms with Crippen molar-refractivity contribution in [3.63, 3.8) is 0 Å². The number of hydrogen-bond acceptors (Lipinski definition) is 6. The van der Waals surface area contributed by atoms with Gasteiger partial charge in [0.25, 0.3) is 5.91 Å². The third-order valence-corrected chi connectivity index (χ3v) is 6.15. The van der Waals surface area contributed by atoms with Gasteiger partial charge in [0.15, 0.2) is 5.78 Å². The molecule has 0 bridgehead atoms. The summed E-state index contributed by atoms with van der Waals surface area (Å²) in [5.41, 5.74) is -0.00406. The van der Waals surface area contributed by atoms with Gasteiger partial charge in [-0.15, -0.1) is 0 Å². The smallest absolute Gasteiger partial charge is 0.416 e. The third kappa shape index (κ3) is 4.06. The Morgan fingerprint density at radius 3 is 2.62 bits per heavy atom.